The van der Waals surface area contributed by atoms with E-state index in [1.807, 2.05) is 52.0 Å². The van der Waals surface area contributed by atoms with E-state index in [2.05, 4.69) is 36.0 Å². The highest BCUT2D eigenvalue weighted by molar-refractivity contribution is 6.04. The Morgan fingerprint density at radius 3 is 2.56 bits per heavy atom. The normalized spacial score (nSPS) is 11.3. The van der Waals surface area contributed by atoms with Gasteiger partial charge in [-0.2, -0.15) is 9.78 Å². The van der Waals surface area contributed by atoms with Crippen molar-refractivity contribution < 1.29 is 9.53 Å². The average Bonchev–Trinajstić information content (AvgIpc) is 3.25. The van der Waals surface area contributed by atoms with Gasteiger partial charge in [0.25, 0.3) is 5.91 Å². The van der Waals surface area contributed by atoms with Crippen LogP contribution in [0, 0.1) is 13.8 Å². The zero-order valence-electron chi connectivity index (χ0n) is 21.2. The molecule has 4 rings (SSSR count). The second-order valence-electron chi connectivity index (χ2n) is 8.85. The lowest BCUT2D eigenvalue weighted by molar-refractivity contribution is 0.0192. The van der Waals surface area contributed by atoms with Gasteiger partial charge >= 0.3 is 0 Å². The van der Waals surface area contributed by atoms with Gasteiger partial charge in [-0.05, 0) is 63.1 Å². The second kappa shape index (κ2) is 10.1. The van der Waals surface area contributed by atoms with Crippen molar-refractivity contribution in [1.29, 1.82) is 0 Å². The fraction of sp³-hybridized carbons (Fsp3) is 0.269. The van der Waals surface area contributed by atoms with Crippen LogP contribution in [-0.4, -0.2) is 44.8 Å². The van der Waals surface area contributed by atoms with Gasteiger partial charge in [-0.15, -0.1) is 0 Å². The molecule has 10 heteroatoms. The number of aromatic nitrogens is 5. The second-order valence-corrected chi connectivity index (χ2v) is 8.85. The number of anilines is 4. The first-order valence-corrected chi connectivity index (χ1v) is 11.5. The van der Waals surface area contributed by atoms with Gasteiger partial charge in [-0.25, -0.2) is 15.0 Å². The van der Waals surface area contributed by atoms with Gasteiger partial charge in [0, 0.05) is 43.7 Å². The molecule has 0 saturated carbocycles. The summed E-state index contributed by atoms with van der Waals surface area (Å²) in [5.41, 5.74) is 3.47. The molecule has 3 heterocycles. The van der Waals surface area contributed by atoms with Crippen molar-refractivity contribution in [2.24, 2.45) is 0 Å². The number of hydrogen-bond donors (Lipinski definition) is 3. The van der Waals surface area contributed by atoms with Crippen LogP contribution in [0.15, 0.2) is 55.0 Å². The number of amides is 1. The Kier molecular flexibility index (Phi) is 6.98. The number of nitrogens with one attached hydrogen (secondary N) is 3. The van der Waals surface area contributed by atoms with Gasteiger partial charge in [-0.1, -0.05) is 6.07 Å². The summed E-state index contributed by atoms with van der Waals surface area (Å²) in [4.78, 5) is 25.9. The molecule has 186 valence electrons. The summed E-state index contributed by atoms with van der Waals surface area (Å²) >= 11 is 0. The summed E-state index contributed by atoms with van der Waals surface area (Å²) < 4.78 is 7.25. The molecule has 0 aliphatic heterocycles. The molecule has 0 atom stereocenters. The predicted molar refractivity (Wildman–Crippen MR) is 140 cm³/mol. The highest BCUT2D eigenvalue weighted by atomic mass is 16.5. The molecule has 10 nitrogen and oxygen atoms in total. The minimum atomic E-state index is -0.498. The van der Waals surface area contributed by atoms with Crippen LogP contribution in [0.5, 0.6) is 0 Å². The summed E-state index contributed by atoms with van der Waals surface area (Å²) in [5, 5.41) is 13.9. The maximum atomic E-state index is 13.1. The fourth-order valence-electron chi connectivity index (χ4n) is 3.58. The third-order valence-electron chi connectivity index (χ3n) is 5.93. The molecule has 0 bridgehead atoms. The van der Waals surface area contributed by atoms with E-state index >= 15 is 0 Å². The smallest absolute Gasteiger partial charge is 0.256 e. The van der Waals surface area contributed by atoms with Crippen LogP contribution in [-0.2, 0) is 10.3 Å². The first-order chi connectivity index (χ1) is 17.2. The maximum absolute atomic E-state index is 13.1. The molecule has 3 N–H and O–H groups in total. The Bertz CT molecular complexity index is 1400. The van der Waals surface area contributed by atoms with E-state index in [1.54, 1.807) is 43.2 Å². The lowest BCUT2D eigenvalue weighted by Gasteiger charge is -2.23. The molecule has 0 fully saturated rings. The summed E-state index contributed by atoms with van der Waals surface area (Å²) in [5.74, 6) is 2.19. The molecule has 0 radical (unpaired) electrons. The van der Waals surface area contributed by atoms with Gasteiger partial charge in [0.1, 0.15) is 23.8 Å². The van der Waals surface area contributed by atoms with Gasteiger partial charge in [0.05, 0.1) is 11.3 Å². The number of methoxy groups -OCH3 is 1. The van der Waals surface area contributed by atoms with Crippen LogP contribution in [0.1, 0.15) is 41.0 Å². The van der Waals surface area contributed by atoms with Gasteiger partial charge in [0.15, 0.2) is 5.82 Å². The van der Waals surface area contributed by atoms with Crippen molar-refractivity contribution in [3.63, 3.8) is 0 Å². The van der Waals surface area contributed by atoms with Gasteiger partial charge < -0.3 is 20.7 Å². The molecule has 1 aromatic carbocycles. The van der Waals surface area contributed by atoms with Crippen molar-refractivity contribution in [2.75, 3.05) is 30.1 Å². The zero-order valence-corrected chi connectivity index (χ0v) is 21.2. The molecule has 1 amide bonds. The predicted octanol–water partition coefficient (Wildman–Crippen LogP) is 4.59. The van der Waals surface area contributed by atoms with E-state index in [0.29, 0.717) is 28.8 Å². The maximum Gasteiger partial charge on any atom is 0.256 e. The minimum absolute atomic E-state index is 0.267. The lowest BCUT2D eigenvalue weighted by Crippen LogP contribution is -2.20. The quantitative estimate of drug-likeness (QED) is 0.331. The van der Waals surface area contributed by atoms with Crippen LogP contribution in [0.2, 0.25) is 0 Å². The summed E-state index contributed by atoms with van der Waals surface area (Å²) in [6.45, 7) is 7.79. The Labute approximate surface area is 210 Å². The molecular formula is C26H30N8O2. The minimum Gasteiger partial charge on any atom is -0.374 e. The molecule has 0 aliphatic rings. The molecule has 0 aliphatic carbocycles. The Morgan fingerprint density at radius 1 is 1.00 bits per heavy atom. The van der Waals surface area contributed by atoms with E-state index in [9.17, 15) is 4.79 Å². The van der Waals surface area contributed by atoms with Crippen molar-refractivity contribution in [3.8, 4) is 5.82 Å². The number of benzene rings is 1. The van der Waals surface area contributed by atoms with Crippen molar-refractivity contribution in [3.05, 3.63) is 77.4 Å². The largest absolute Gasteiger partial charge is 0.374 e. The van der Waals surface area contributed by atoms with Gasteiger partial charge in [0.2, 0.25) is 0 Å². The molecule has 0 unspecified atom stereocenters. The summed E-state index contributed by atoms with van der Waals surface area (Å²) in [7, 11) is 3.45. The van der Waals surface area contributed by atoms with E-state index in [0.717, 1.165) is 22.5 Å². The first kappa shape index (κ1) is 24.8. The van der Waals surface area contributed by atoms with Crippen LogP contribution in [0.3, 0.4) is 0 Å². The number of ether oxygens (including phenoxy) is 1. The van der Waals surface area contributed by atoms with Crippen molar-refractivity contribution in [1.82, 2.24) is 24.7 Å². The highest BCUT2D eigenvalue weighted by Gasteiger charge is 2.20. The van der Waals surface area contributed by atoms with Crippen LogP contribution in [0.4, 0.5) is 23.1 Å². The van der Waals surface area contributed by atoms with Crippen molar-refractivity contribution >= 4 is 29.0 Å². The van der Waals surface area contributed by atoms with Gasteiger partial charge in [-0.3, -0.25) is 4.79 Å². The number of carbonyl (C=O) groups is 1. The number of nitrogens with zero attached hydrogens (tertiary/aromatic N) is 5. The van der Waals surface area contributed by atoms with E-state index in [1.165, 1.54) is 6.33 Å². The molecule has 3 aromatic heterocycles. The number of aryl methyl sites for hydroxylation is 2. The average molecular weight is 487 g/mol. The van der Waals surface area contributed by atoms with E-state index in [-0.39, 0.29) is 5.91 Å². The number of hydrogen-bond acceptors (Lipinski definition) is 8. The van der Waals surface area contributed by atoms with Crippen molar-refractivity contribution in [2.45, 2.75) is 33.3 Å². The topological polar surface area (TPSA) is 119 Å². The molecule has 4 aromatic rings. The van der Waals surface area contributed by atoms with Crippen LogP contribution >= 0.6 is 0 Å². The van der Waals surface area contributed by atoms with E-state index in [4.69, 9.17) is 4.74 Å². The monoisotopic (exact) mass is 486 g/mol. The number of carbonyl (C=O) groups excluding carboxylic acids is 1. The third kappa shape index (κ3) is 5.33. The zero-order chi connectivity index (χ0) is 25.9. The summed E-state index contributed by atoms with van der Waals surface area (Å²) in [6, 6.07) is 12.9. The first-order valence-electron chi connectivity index (χ1n) is 11.5. The number of pyridine rings is 1. The molecule has 0 saturated heterocycles. The standard InChI is InChI=1S/C26H30N8O2/c1-16-7-8-18(25(35)32-22-13-19(9-10-28-22)26(3,4)36-6)12-20(16)31-24-11-17(2)33-34(24)23-14-21(27-5)29-15-30-23/h7-15,31H,1-6H3,(H,27,29,30)(H,28,32,35). The molecular weight excluding hydrogens is 456 g/mol. The lowest BCUT2D eigenvalue weighted by atomic mass is 9.99. The number of rotatable bonds is 8. The Balaban J connectivity index is 1.59. The van der Waals surface area contributed by atoms with Crippen LogP contribution in [0.25, 0.3) is 5.82 Å². The highest BCUT2D eigenvalue weighted by Crippen LogP contribution is 2.27. The molecule has 0 spiro atoms. The Morgan fingerprint density at radius 2 is 1.81 bits per heavy atom. The SMILES string of the molecule is CNc1cc(-n2nc(C)cc2Nc2cc(C(=O)Nc3cc(C(C)(C)OC)ccn3)ccc2C)ncn1. The van der Waals surface area contributed by atoms with E-state index < -0.39 is 5.60 Å². The Hall–Kier alpha value is -4.31. The molecule has 36 heavy (non-hydrogen) atoms. The van der Waals surface area contributed by atoms with Crippen LogP contribution < -0.4 is 16.0 Å². The summed E-state index contributed by atoms with van der Waals surface area (Å²) in [6.07, 6.45) is 3.14. The third-order valence-corrected chi connectivity index (χ3v) is 5.93. The fourth-order valence-corrected chi connectivity index (χ4v) is 3.58.